The predicted octanol–water partition coefficient (Wildman–Crippen LogP) is 7.34. The first-order valence-electron chi connectivity index (χ1n) is 9.78. The van der Waals surface area contributed by atoms with Gasteiger partial charge in [0.1, 0.15) is 10.0 Å². The van der Waals surface area contributed by atoms with Crippen molar-refractivity contribution in [3.05, 3.63) is 115 Å². The average molecular weight is 406 g/mol. The van der Waals surface area contributed by atoms with Gasteiger partial charge < -0.3 is 4.90 Å². The van der Waals surface area contributed by atoms with Crippen molar-refractivity contribution < 1.29 is 0 Å². The third kappa shape index (κ3) is 3.73. The minimum atomic E-state index is 0.923. The van der Waals surface area contributed by atoms with Crippen LogP contribution in [0.15, 0.2) is 115 Å². The lowest BCUT2D eigenvalue weighted by Gasteiger charge is -2.25. The van der Waals surface area contributed by atoms with Crippen molar-refractivity contribution in [3.63, 3.8) is 0 Å². The van der Waals surface area contributed by atoms with E-state index in [0.717, 1.165) is 38.2 Å². The highest BCUT2D eigenvalue weighted by Gasteiger charge is 2.13. The van der Waals surface area contributed by atoms with E-state index in [9.17, 15) is 0 Å². The van der Waals surface area contributed by atoms with Gasteiger partial charge in [-0.1, -0.05) is 78.1 Å². The maximum atomic E-state index is 4.41. The monoisotopic (exact) mass is 405 g/mol. The molecule has 0 spiro atoms. The Morgan fingerprint density at radius 2 is 0.833 bits per heavy atom. The lowest BCUT2D eigenvalue weighted by molar-refractivity contribution is 1.10. The fraction of sp³-hybridized carbons (Fsp3) is 0. The van der Waals surface area contributed by atoms with E-state index in [2.05, 4.69) is 100 Å². The zero-order valence-electron chi connectivity index (χ0n) is 16.2. The fourth-order valence-corrected chi connectivity index (χ4v) is 4.25. The molecule has 0 aliphatic rings. The number of anilines is 3. The summed E-state index contributed by atoms with van der Waals surface area (Å²) < 4.78 is 0. The van der Waals surface area contributed by atoms with Crippen molar-refractivity contribution in [1.82, 2.24) is 10.2 Å². The largest absolute Gasteiger partial charge is 0.311 e. The number of aromatic nitrogens is 2. The Balaban J connectivity index is 1.48. The zero-order chi connectivity index (χ0) is 20.2. The lowest BCUT2D eigenvalue weighted by Crippen LogP contribution is -2.09. The lowest BCUT2D eigenvalue weighted by atomic mass is 10.1. The van der Waals surface area contributed by atoms with E-state index in [1.54, 1.807) is 11.3 Å². The van der Waals surface area contributed by atoms with Gasteiger partial charge in [-0.05, 0) is 48.5 Å². The van der Waals surface area contributed by atoms with Gasteiger partial charge in [-0.3, -0.25) is 0 Å². The quantitative estimate of drug-likeness (QED) is 0.306. The summed E-state index contributed by atoms with van der Waals surface area (Å²) in [6, 6.07) is 39.5. The molecule has 0 fully saturated rings. The van der Waals surface area contributed by atoms with Crippen molar-refractivity contribution in [1.29, 1.82) is 0 Å². The van der Waals surface area contributed by atoms with Crippen molar-refractivity contribution in [3.8, 4) is 21.1 Å². The summed E-state index contributed by atoms with van der Waals surface area (Å²) in [5.74, 6) is 0. The summed E-state index contributed by atoms with van der Waals surface area (Å²) in [4.78, 5) is 2.25. The van der Waals surface area contributed by atoms with Crippen LogP contribution < -0.4 is 4.90 Å². The highest BCUT2D eigenvalue weighted by molar-refractivity contribution is 7.17. The molecule has 4 heteroatoms. The number of hydrogen-bond acceptors (Lipinski definition) is 4. The average Bonchev–Trinajstić information content (AvgIpc) is 3.32. The first-order valence-corrected chi connectivity index (χ1v) is 10.6. The maximum absolute atomic E-state index is 4.41. The number of nitrogens with zero attached hydrogens (tertiary/aromatic N) is 3. The van der Waals surface area contributed by atoms with Crippen molar-refractivity contribution >= 4 is 28.4 Å². The van der Waals surface area contributed by atoms with Gasteiger partial charge in [-0.25, -0.2) is 0 Å². The molecule has 0 bridgehead atoms. The van der Waals surface area contributed by atoms with Crippen LogP contribution in [-0.2, 0) is 0 Å². The van der Waals surface area contributed by atoms with Gasteiger partial charge in [0.05, 0.1) is 0 Å². The molecule has 1 heterocycles. The van der Waals surface area contributed by atoms with Crippen LogP contribution in [0.4, 0.5) is 17.1 Å². The second-order valence-corrected chi connectivity index (χ2v) is 7.81. The highest BCUT2D eigenvalue weighted by Crippen LogP contribution is 2.36. The number of hydrogen-bond donors (Lipinski definition) is 0. The molecule has 0 aliphatic heterocycles. The Labute approximate surface area is 179 Å². The predicted molar refractivity (Wildman–Crippen MR) is 125 cm³/mol. The van der Waals surface area contributed by atoms with E-state index in [-0.39, 0.29) is 0 Å². The van der Waals surface area contributed by atoms with E-state index >= 15 is 0 Å². The molecule has 0 radical (unpaired) electrons. The summed E-state index contributed by atoms with van der Waals surface area (Å²) in [7, 11) is 0. The highest BCUT2D eigenvalue weighted by atomic mass is 32.1. The summed E-state index contributed by atoms with van der Waals surface area (Å²) in [6.45, 7) is 0. The molecule has 1 aromatic heterocycles. The van der Waals surface area contributed by atoms with Gasteiger partial charge in [-0.2, -0.15) is 0 Å². The maximum Gasteiger partial charge on any atom is 0.148 e. The van der Waals surface area contributed by atoms with Crippen LogP contribution in [-0.4, -0.2) is 10.2 Å². The smallest absolute Gasteiger partial charge is 0.148 e. The van der Waals surface area contributed by atoms with Crippen molar-refractivity contribution in [2.75, 3.05) is 4.90 Å². The molecular weight excluding hydrogens is 386 g/mol. The van der Waals surface area contributed by atoms with Crippen LogP contribution in [0.1, 0.15) is 0 Å². The van der Waals surface area contributed by atoms with Crippen LogP contribution >= 0.6 is 11.3 Å². The molecule has 0 unspecified atom stereocenters. The van der Waals surface area contributed by atoms with E-state index in [4.69, 9.17) is 0 Å². The Morgan fingerprint density at radius 1 is 0.433 bits per heavy atom. The molecule has 4 aromatic carbocycles. The van der Waals surface area contributed by atoms with E-state index in [1.807, 2.05) is 30.3 Å². The molecule has 3 nitrogen and oxygen atoms in total. The molecule has 5 rings (SSSR count). The molecule has 0 saturated heterocycles. The Hall–Kier alpha value is -3.76. The van der Waals surface area contributed by atoms with Gasteiger partial charge in [0.15, 0.2) is 0 Å². The van der Waals surface area contributed by atoms with Gasteiger partial charge >= 0.3 is 0 Å². The third-order valence-electron chi connectivity index (χ3n) is 4.85. The van der Waals surface area contributed by atoms with Crippen LogP contribution in [0.3, 0.4) is 0 Å². The molecular formula is C26H19N3S. The van der Waals surface area contributed by atoms with E-state index in [0.29, 0.717) is 0 Å². The number of rotatable bonds is 5. The minimum absolute atomic E-state index is 0.923. The summed E-state index contributed by atoms with van der Waals surface area (Å²) in [5, 5.41) is 10.6. The first-order chi connectivity index (χ1) is 14.9. The topological polar surface area (TPSA) is 29.0 Å². The molecule has 0 N–H and O–H groups in total. The number of para-hydroxylation sites is 2. The van der Waals surface area contributed by atoms with Crippen LogP contribution in [0.2, 0.25) is 0 Å². The molecule has 30 heavy (non-hydrogen) atoms. The molecule has 0 atom stereocenters. The summed E-state index contributed by atoms with van der Waals surface area (Å²) in [5.41, 5.74) is 5.51. The third-order valence-corrected chi connectivity index (χ3v) is 5.87. The zero-order valence-corrected chi connectivity index (χ0v) is 17.0. The second-order valence-electron chi connectivity index (χ2n) is 6.83. The minimum Gasteiger partial charge on any atom is -0.311 e. The molecule has 5 aromatic rings. The normalized spacial score (nSPS) is 10.7. The Kier molecular flexibility index (Phi) is 5.06. The second kappa shape index (κ2) is 8.31. The molecule has 0 aliphatic carbocycles. The molecule has 0 saturated carbocycles. The number of benzene rings is 4. The Morgan fingerprint density at radius 3 is 1.33 bits per heavy atom. The van der Waals surface area contributed by atoms with Crippen LogP contribution in [0.5, 0.6) is 0 Å². The van der Waals surface area contributed by atoms with Gasteiger partial charge in [0, 0.05) is 28.2 Å². The standard InChI is InChI=1S/C26H19N3S/c1-4-10-20(11-5-1)25-27-28-26(30-25)21-16-18-24(19-17-21)29(22-12-6-2-7-13-22)23-14-8-3-9-15-23/h1-19H. The van der Waals surface area contributed by atoms with Crippen LogP contribution in [0.25, 0.3) is 21.1 Å². The van der Waals surface area contributed by atoms with Gasteiger partial charge in [-0.15, -0.1) is 10.2 Å². The molecule has 144 valence electrons. The summed E-state index contributed by atoms with van der Waals surface area (Å²) in [6.07, 6.45) is 0. The van der Waals surface area contributed by atoms with E-state index in [1.165, 1.54) is 0 Å². The van der Waals surface area contributed by atoms with Crippen LogP contribution in [0, 0.1) is 0 Å². The van der Waals surface area contributed by atoms with E-state index < -0.39 is 0 Å². The van der Waals surface area contributed by atoms with Crippen molar-refractivity contribution in [2.45, 2.75) is 0 Å². The van der Waals surface area contributed by atoms with Gasteiger partial charge in [0.25, 0.3) is 0 Å². The summed E-state index contributed by atoms with van der Waals surface area (Å²) >= 11 is 1.61. The van der Waals surface area contributed by atoms with Crippen molar-refractivity contribution in [2.24, 2.45) is 0 Å². The fourth-order valence-electron chi connectivity index (χ4n) is 3.39. The van der Waals surface area contributed by atoms with Gasteiger partial charge in [0.2, 0.25) is 0 Å². The molecule has 0 amide bonds. The SMILES string of the molecule is c1ccc(-c2nnc(-c3ccc(N(c4ccccc4)c4ccccc4)cc3)s2)cc1. The first kappa shape index (κ1) is 18.3. The Bertz CT molecular complexity index is 1180.